The first-order valence-corrected chi connectivity index (χ1v) is 8.46. The van der Waals surface area contributed by atoms with Gasteiger partial charge in [-0.25, -0.2) is 0 Å². The van der Waals surface area contributed by atoms with Gasteiger partial charge in [-0.15, -0.1) is 0 Å². The van der Waals surface area contributed by atoms with Crippen LogP contribution in [-0.2, 0) is 17.5 Å². The van der Waals surface area contributed by atoms with E-state index >= 15 is 0 Å². The zero-order valence-corrected chi connectivity index (χ0v) is 16.1. The Labute approximate surface area is 167 Å². The summed E-state index contributed by atoms with van der Waals surface area (Å²) in [7, 11) is 0. The van der Waals surface area contributed by atoms with E-state index in [1.54, 1.807) is 19.9 Å². The number of aliphatic hydroxyl groups excluding tert-OH is 1. The molecule has 0 atom stereocenters. The number of benzene rings is 1. The van der Waals surface area contributed by atoms with Crippen LogP contribution >= 0.6 is 0 Å². The van der Waals surface area contributed by atoms with Gasteiger partial charge in [-0.1, -0.05) is 25.1 Å². The number of carbonyl (C=O) groups excluding carboxylic acids is 1. The van der Waals surface area contributed by atoms with Crippen molar-refractivity contribution < 1.29 is 23.1 Å². The number of nitrogens with zero attached hydrogens (tertiary/aromatic N) is 2. The van der Waals surface area contributed by atoms with Crippen LogP contribution in [0.25, 0.3) is 0 Å². The highest BCUT2D eigenvalue weighted by molar-refractivity contribution is 6.44. The molecule has 0 saturated heterocycles. The number of terminal acetylenes is 1. The zero-order valence-electron chi connectivity index (χ0n) is 16.1. The molecule has 0 unspecified atom stereocenters. The molecule has 0 radical (unpaired) electrons. The second-order valence-electron chi connectivity index (χ2n) is 6.09. The molecular weight excluding hydrogens is 383 g/mol. The number of allylic oxidation sites excluding steroid dienone is 1. The molecule has 8 heteroatoms. The maximum absolute atomic E-state index is 12.9. The van der Waals surface area contributed by atoms with Crippen LogP contribution in [0.3, 0.4) is 0 Å². The molecule has 1 rings (SSSR count). The highest BCUT2D eigenvalue weighted by atomic mass is 19.4. The lowest BCUT2D eigenvalue weighted by Crippen LogP contribution is -2.29. The minimum absolute atomic E-state index is 0.0603. The maximum atomic E-state index is 12.9. The molecule has 2 N–H and O–H groups in total. The van der Waals surface area contributed by atoms with Crippen LogP contribution in [0.5, 0.6) is 0 Å². The molecule has 0 aliphatic carbocycles. The summed E-state index contributed by atoms with van der Waals surface area (Å²) in [6.45, 7) is 6.70. The van der Waals surface area contributed by atoms with Crippen molar-refractivity contribution in [3.63, 3.8) is 0 Å². The van der Waals surface area contributed by atoms with Gasteiger partial charge in [0.05, 0.1) is 12.2 Å². The lowest BCUT2D eigenvalue weighted by Gasteiger charge is -2.18. The van der Waals surface area contributed by atoms with Gasteiger partial charge in [0.25, 0.3) is 5.91 Å². The van der Waals surface area contributed by atoms with E-state index in [2.05, 4.69) is 16.9 Å². The standard InChI is InChI=1S/C21H22F3N3O2/c1-5-25-19(10-15(3)14-28)20(29)26-16(4)12-27(6-2)13-17-8-7-9-18(11-17)21(22,23)24/h1,6-12,28H,2,13-14H2,3-4H3,(H,26,29)/b15-10+,16-12+,25-19+. The van der Waals surface area contributed by atoms with Crippen molar-refractivity contribution in [1.82, 2.24) is 10.2 Å². The number of amides is 1. The summed E-state index contributed by atoms with van der Waals surface area (Å²) in [5.41, 5.74) is 0.505. The fraction of sp³-hybridized carbons (Fsp3) is 0.238. The Morgan fingerprint density at radius 3 is 2.66 bits per heavy atom. The van der Waals surface area contributed by atoms with E-state index in [9.17, 15) is 18.0 Å². The summed E-state index contributed by atoms with van der Waals surface area (Å²) >= 11 is 0. The summed E-state index contributed by atoms with van der Waals surface area (Å²) in [5, 5.41) is 11.7. The number of aliphatic imine (C=N–C) groups is 1. The second-order valence-corrected chi connectivity index (χ2v) is 6.09. The van der Waals surface area contributed by atoms with Crippen LogP contribution in [0.15, 0.2) is 65.6 Å². The van der Waals surface area contributed by atoms with Gasteiger partial charge in [-0.3, -0.25) is 4.79 Å². The van der Waals surface area contributed by atoms with Gasteiger partial charge in [0.15, 0.2) is 0 Å². The molecule has 0 spiro atoms. The molecular formula is C21H22F3N3O2. The first kappa shape index (κ1) is 23.7. The van der Waals surface area contributed by atoms with Crippen molar-refractivity contribution in [2.75, 3.05) is 6.61 Å². The van der Waals surface area contributed by atoms with Gasteiger partial charge in [0.2, 0.25) is 0 Å². The molecule has 0 aliphatic heterocycles. The summed E-state index contributed by atoms with van der Waals surface area (Å²) in [6, 6.07) is 6.96. The molecule has 0 aromatic heterocycles. The smallest absolute Gasteiger partial charge is 0.392 e. The third-order valence-corrected chi connectivity index (χ3v) is 3.57. The van der Waals surface area contributed by atoms with Crippen molar-refractivity contribution in [1.29, 1.82) is 0 Å². The molecule has 0 saturated carbocycles. The maximum Gasteiger partial charge on any atom is 0.416 e. The quantitative estimate of drug-likeness (QED) is 0.513. The van der Waals surface area contributed by atoms with Gasteiger partial charge < -0.3 is 15.3 Å². The molecule has 0 bridgehead atoms. The Morgan fingerprint density at radius 1 is 1.41 bits per heavy atom. The Bertz CT molecular complexity index is 878. The number of halogens is 3. The number of aliphatic hydroxyl groups is 1. The van der Waals surface area contributed by atoms with Gasteiger partial charge in [0, 0.05) is 24.5 Å². The summed E-state index contributed by atoms with van der Waals surface area (Å²) in [5.74, 6) is -0.590. The van der Waals surface area contributed by atoms with E-state index in [1.807, 2.05) is 6.04 Å². The minimum Gasteiger partial charge on any atom is -0.392 e. The summed E-state index contributed by atoms with van der Waals surface area (Å²) < 4.78 is 38.6. The van der Waals surface area contributed by atoms with E-state index in [4.69, 9.17) is 11.5 Å². The van der Waals surface area contributed by atoms with Crippen LogP contribution in [0.4, 0.5) is 13.2 Å². The minimum atomic E-state index is -4.43. The SMILES string of the molecule is C#C/N=C(\C=C(/C)CO)C(=O)N/C(C)=C/N(C=C)Cc1cccc(C(F)(F)F)c1. The Balaban J connectivity index is 2.94. The average molecular weight is 405 g/mol. The Hall–Kier alpha value is -3.31. The topological polar surface area (TPSA) is 64.9 Å². The van der Waals surface area contributed by atoms with Gasteiger partial charge in [-0.2, -0.15) is 18.2 Å². The fourth-order valence-corrected chi connectivity index (χ4v) is 2.24. The van der Waals surface area contributed by atoms with E-state index in [-0.39, 0.29) is 18.9 Å². The molecule has 0 fully saturated rings. The number of hydrogen-bond acceptors (Lipinski definition) is 4. The first-order chi connectivity index (χ1) is 13.6. The zero-order chi connectivity index (χ0) is 22.0. The van der Waals surface area contributed by atoms with E-state index in [0.29, 0.717) is 16.8 Å². The van der Waals surface area contributed by atoms with Gasteiger partial charge >= 0.3 is 6.18 Å². The summed E-state index contributed by atoms with van der Waals surface area (Å²) in [6.07, 6.45) is 4.98. The summed E-state index contributed by atoms with van der Waals surface area (Å²) in [4.78, 5) is 17.5. The average Bonchev–Trinajstić information content (AvgIpc) is 2.66. The number of rotatable bonds is 8. The number of hydrogen-bond donors (Lipinski definition) is 2. The van der Waals surface area contributed by atoms with Crippen molar-refractivity contribution in [3.8, 4) is 12.5 Å². The largest absolute Gasteiger partial charge is 0.416 e. The second kappa shape index (κ2) is 10.9. The van der Waals surface area contributed by atoms with Crippen LogP contribution < -0.4 is 5.32 Å². The normalized spacial score (nSPS) is 12.9. The molecule has 1 aromatic rings. The van der Waals surface area contributed by atoms with Crippen molar-refractivity contribution in [3.05, 3.63) is 71.7 Å². The van der Waals surface area contributed by atoms with Crippen molar-refractivity contribution in [2.24, 2.45) is 4.99 Å². The number of alkyl halides is 3. The van der Waals surface area contributed by atoms with E-state index in [0.717, 1.165) is 12.1 Å². The third kappa shape index (κ3) is 8.07. The fourth-order valence-electron chi connectivity index (χ4n) is 2.24. The van der Waals surface area contributed by atoms with Crippen molar-refractivity contribution in [2.45, 2.75) is 26.6 Å². The van der Waals surface area contributed by atoms with Gasteiger partial charge in [0.1, 0.15) is 5.71 Å². The number of carbonyl (C=O) groups is 1. The van der Waals surface area contributed by atoms with Crippen LogP contribution in [0, 0.1) is 12.5 Å². The predicted molar refractivity (Wildman–Crippen MR) is 106 cm³/mol. The lowest BCUT2D eigenvalue weighted by molar-refractivity contribution is -0.137. The van der Waals surface area contributed by atoms with Crippen LogP contribution in [0.2, 0.25) is 0 Å². The molecule has 0 aliphatic rings. The predicted octanol–water partition coefficient (Wildman–Crippen LogP) is 3.60. The lowest BCUT2D eigenvalue weighted by atomic mass is 10.1. The molecule has 0 heterocycles. The van der Waals surface area contributed by atoms with Crippen LogP contribution in [0.1, 0.15) is 25.0 Å². The van der Waals surface area contributed by atoms with Crippen molar-refractivity contribution >= 4 is 11.6 Å². The Kier molecular flexibility index (Phi) is 8.90. The molecule has 1 amide bonds. The third-order valence-electron chi connectivity index (χ3n) is 3.57. The highest BCUT2D eigenvalue weighted by Gasteiger charge is 2.30. The van der Waals surface area contributed by atoms with Gasteiger partial charge in [-0.05, 0) is 49.4 Å². The van der Waals surface area contributed by atoms with Crippen LogP contribution in [-0.4, -0.2) is 28.2 Å². The van der Waals surface area contributed by atoms with E-state index in [1.165, 1.54) is 29.4 Å². The highest BCUT2D eigenvalue weighted by Crippen LogP contribution is 2.29. The molecule has 5 nitrogen and oxygen atoms in total. The molecule has 1 aromatic carbocycles. The molecule has 154 valence electrons. The monoisotopic (exact) mass is 405 g/mol. The first-order valence-electron chi connectivity index (χ1n) is 8.46. The number of nitrogens with one attached hydrogen (secondary N) is 1. The Morgan fingerprint density at radius 2 is 2.10 bits per heavy atom. The van der Waals surface area contributed by atoms with E-state index < -0.39 is 17.6 Å². The molecule has 29 heavy (non-hydrogen) atoms.